The Kier molecular flexibility index (Phi) is 8.78. The van der Waals surface area contributed by atoms with Crippen molar-refractivity contribution in [3.8, 4) is 5.75 Å². The van der Waals surface area contributed by atoms with Crippen molar-refractivity contribution < 1.29 is 37.0 Å². The molecule has 2 heterocycles. The highest BCUT2D eigenvalue weighted by atomic mass is 32.2. The summed E-state index contributed by atoms with van der Waals surface area (Å²) in [5, 5.41) is 9.62. The van der Waals surface area contributed by atoms with Crippen molar-refractivity contribution in [2.45, 2.75) is 55.6 Å². The van der Waals surface area contributed by atoms with Crippen molar-refractivity contribution in [3.05, 3.63) is 53.1 Å². The van der Waals surface area contributed by atoms with E-state index >= 15 is 0 Å². The molecular formula is C21H27F2N4O7PS. The zero-order valence-electron chi connectivity index (χ0n) is 19.6. The first-order chi connectivity index (χ1) is 16.8. The standard InChI is InChI=1S/C21H27F2N4O7PS/c1-12(2)33-18(29)13(3)26-35(31,34-14-7-5-4-6-8-14)32-11-15-17(28)21(22,23)19(36-15)27-10-9-16(24)25-20(27)30/h4-10,12-13,15,17,19,28H,11H2,1-3H3,(H,26,31)(H2,24,25,30)/t13-,15+,17+,19+,35-/m0/s1. The minimum Gasteiger partial charge on any atom is -0.462 e. The van der Waals surface area contributed by atoms with Crippen LogP contribution in [0.2, 0.25) is 0 Å². The number of thioether (sulfide) groups is 1. The minimum atomic E-state index is -4.34. The number of alkyl halides is 2. The lowest BCUT2D eigenvalue weighted by Crippen LogP contribution is -2.42. The Hall–Kier alpha value is -2.51. The molecule has 1 fully saturated rings. The number of aliphatic hydroxyl groups is 1. The van der Waals surface area contributed by atoms with Gasteiger partial charge in [-0.15, -0.1) is 11.8 Å². The van der Waals surface area contributed by atoms with Gasteiger partial charge in [0.25, 0.3) is 0 Å². The smallest absolute Gasteiger partial charge is 0.459 e. The molecule has 15 heteroatoms. The molecule has 198 valence electrons. The van der Waals surface area contributed by atoms with Crippen LogP contribution in [-0.2, 0) is 18.6 Å². The molecule has 36 heavy (non-hydrogen) atoms. The highest BCUT2D eigenvalue weighted by Crippen LogP contribution is 2.53. The molecule has 1 aliphatic rings. The average Bonchev–Trinajstić information content (AvgIpc) is 3.01. The van der Waals surface area contributed by atoms with Gasteiger partial charge in [-0.2, -0.15) is 10.1 Å². The minimum absolute atomic E-state index is 0.125. The number of halogens is 2. The maximum absolute atomic E-state index is 14.9. The number of esters is 1. The molecule has 3 rings (SSSR count). The lowest BCUT2D eigenvalue weighted by atomic mass is 10.1. The largest absolute Gasteiger partial charge is 0.462 e. The number of carbonyl (C=O) groups excluding carboxylic acids is 1. The number of anilines is 1. The van der Waals surface area contributed by atoms with Gasteiger partial charge in [-0.1, -0.05) is 18.2 Å². The molecule has 0 radical (unpaired) electrons. The maximum Gasteiger partial charge on any atom is 0.459 e. The maximum atomic E-state index is 14.9. The fourth-order valence-corrected chi connectivity index (χ4v) is 6.25. The molecule has 1 aromatic heterocycles. The quantitative estimate of drug-likeness (QED) is 0.296. The number of nitrogens with two attached hydrogens (primary N) is 1. The Bertz CT molecular complexity index is 1170. The molecule has 5 atom stereocenters. The number of aliphatic hydroxyl groups excluding tert-OH is 1. The molecule has 11 nitrogen and oxygen atoms in total. The summed E-state index contributed by atoms with van der Waals surface area (Å²) < 4.78 is 60.0. The molecule has 0 spiro atoms. The van der Waals surface area contributed by atoms with Gasteiger partial charge >= 0.3 is 25.3 Å². The van der Waals surface area contributed by atoms with Crippen LogP contribution in [0.25, 0.3) is 0 Å². The van der Waals surface area contributed by atoms with Gasteiger partial charge < -0.3 is 20.1 Å². The summed E-state index contributed by atoms with van der Waals surface area (Å²) in [6.07, 6.45) is -1.64. The number of ether oxygens (including phenoxy) is 1. The van der Waals surface area contributed by atoms with Crippen LogP contribution < -0.4 is 21.0 Å². The Morgan fingerprint density at radius 1 is 1.31 bits per heavy atom. The molecule has 0 unspecified atom stereocenters. The Morgan fingerprint density at radius 2 is 1.97 bits per heavy atom. The number of hydrogen-bond donors (Lipinski definition) is 3. The first-order valence-corrected chi connectivity index (χ1v) is 13.3. The van der Waals surface area contributed by atoms with Crippen LogP contribution in [0.4, 0.5) is 14.6 Å². The Morgan fingerprint density at radius 3 is 2.58 bits per heavy atom. The highest BCUT2D eigenvalue weighted by molar-refractivity contribution is 8.00. The van der Waals surface area contributed by atoms with Crippen LogP contribution in [0.3, 0.4) is 0 Å². The van der Waals surface area contributed by atoms with Crippen LogP contribution in [-0.4, -0.2) is 56.7 Å². The van der Waals surface area contributed by atoms with Crippen LogP contribution in [0, 0.1) is 0 Å². The summed E-state index contributed by atoms with van der Waals surface area (Å²) in [6, 6.07) is 7.91. The molecule has 0 amide bonds. The molecule has 0 bridgehead atoms. The molecule has 2 aromatic rings. The number of rotatable bonds is 10. The van der Waals surface area contributed by atoms with Crippen LogP contribution in [0.1, 0.15) is 26.1 Å². The van der Waals surface area contributed by atoms with E-state index in [1.807, 2.05) is 0 Å². The number of nitrogen functional groups attached to an aromatic ring is 1. The number of para-hydroxylation sites is 1. The second-order valence-corrected chi connectivity index (χ2v) is 11.2. The molecule has 0 saturated carbocycles. The molecule has 4 N–H and O–H groups in total. The van der Waals surface area contributed by atoms with Gasteiger partial charge in [-0.25, -0.2) is 18.1 Å². The van der Waals surface area contributed by atoms with E-state index in [9.17, 15) is 28.0 Å². The van der Waals surface area contributed by atoms with Crippen molar-refractivity contribution in [3.63, 3.8) is 0 Å². The summed E-state index contributed by atoms with van der Waals surface area (Å²) in [5.41, 5.74) is 4.41. The Balaban J connectivity index is 1.79. The van der Waals surface area contributed by atoms with Gasteiger partial charge in [-0.05, 0) is 39.0 Å². The number of carbonyl (C=O) groups is 1. The number of aromatic nitrogens is 2. The van der Waals surface area contributed by atoms with E-state index < -0.39 is 60.8 Å². The van der Waals surface area contributed by atoms with Gasteiger partial charge in [-0.3, -0.25) is 13.9 Å². The third-order valence-corrected chi connectivity index (χ3v) is 8.10. The van der Waals surface area contributed by atoms with Gasteiger partial charge in [0.05, 0.1) is 18.0 Å². The molecule has 1 saturated heterocycles. The second-order valence-electron chi connectivity index (χ2n) is 8.22. The van der Waals surface area contributed by atoms with E-state index in [1.165, 1.54) is 25.1 Å². The van der Waals surface area contributed by atoms with Crippen molar-refractivity contribution in [2.75, 3.05) is 12.3 Å². The van der Waals surface area contributed by atoms with Crippen molar-refractivity contribution in [1.29, 1.82) is 0 Å². The highest BCUT2D eigenvalue weighted by Gasteiger charge is 2.59. The van der Waals surface area contributed by atoms with Crippen LogP contribution >= 0.6 is 19.5 Å². The summed E-state index contributed by atoms with van der Waals surface area (Å²) in [5.74, 6) is -4.51. The van der Waals surface area contributed by atoms with E-state index in [1.54, 1.807) is 32.0 Å². The lowest BCUT2D eigenvalue weighted by molar-refractivity contribution is -0.149. The fourth-order valence-electron chi connectivity index (χ4n) is 3.22. The zero-order valence-corrected chi connectivity index (χ0v) is 21.3. The zero-order chi connectivity index (χ0) is 26.7. The predicted octanol–water partition coefficient (Wildman–Crippen LogP) is 2.57. The van der Waals surface area contributed by atoms with Crippen molar-refractivity contribution >= 4 is 31.3 Å². The van der Waals surface area contributed by atoms with Gasteiger partial charge in [0, 0.05) is 6.20 Å². The summed E-state index contributed by atoms with van der Waals surface area (Å²) in [4.78, 5) is 27.8. The number of hydrogen-bond acceptors (Lipinski definition) is 10. The summed E-state index contributed by atoms with van der Waals surface area (Å²) in [7, 11) is -4.34. The van der Waals surface area contributed by atoms with Crippen molar-refractivity contribution in [2.24, 2.45) is 0 Å². The van der Waals surface area contributed by atoms with Gasteiger partial charge in [0.1, 0.15) is 23.7 Å². The van der Waals surface area contributed by atoms with E-state index in [0.29, 0.717) is 16.3 Å². The Labute approximate surface area is 209 Å². The van der Waals surface area contributed by atoms with Crippen LogP contribution in [0.5, 0.6) is 5.75 Å². The van der Waals surface area contributed by atoms with E-state index in [4.69, 9.17) is 19.5 Å². The average molecular weight is 549 g/mol. The SMILES string of the molecule is CC(C)OC(=O)[C@H](C)N[P@](=O)(OC[C@H]1S[C@@H](n2ccc(N)nc2=O)C(F)(F)[C@@H]1O)Oc1ccccc1. The van der Waals surface area contributed by atoms with E-state index in [2.05, 4.69) is 10.1 Å². The van der Waals surface area contributed by atoms with Gasteiger partial charge in [0.15, 0.2) is 5.37 Å². The summed E-state index contributed by atoms with van der Waals surface area (Å²) >= 11 is 0.540. The first kappa shape index (κ1) is 28.1. The van der Waals surface area contributed by atoms with Crippen LogP contribution in [0.15, 0.2) is 47.4 Å². The third kappa shape index (κ3) is 6.62. The lowest BCUT2D eigenvalue weighted by Gasteiger charge is -2.25. The number of nitrogens with one attached hydrogen (secondary N) is 1. The second kappa shape index (κ2) is 11.3. The van der Waals surface area contributed by atoms with Gasteiger partial charge in [0.2, 0.25) is 0 Å². The molecule has 1 aliphatic heterocycles. The topological polar surface area (TPSA) is 155 Å². The summed E-state index contributed by atoms with van der Waals surface area (Å²) in [6.45, 7) is 3.98. The van der Waals surface area contributed by atoms with E-state index in [0.717, 1.165) is 6.20 Å². The molecule has 1 aromatic carbocycles. The first-order valence-electron chi connectivity index (χ1n) is 10.9. The third-order valence-electron chi connectivity index (χ3n) is 4.92. The van der Waals surface area contributed by atoms with E-state index in [-0.39, 0.29) is 11.6 Å². The fraction of sp³-hybridized carbons (Fsp3) is 0.476. The van der Waals surface area contributed by atoms with Crippen molar-refractivity contribution in [1.82, 2.24) is 14.6 Å². The molecule has 0 aliphatic carbocycles. The number of nitrogens with zero attached hydrogens (tertiary/aromatic N) is 2. The monoisotopic (exact) mass is 548 g/mol. The number of benzene rings is 1. The molecular weight excluding hydrogens is 521 g/mol. The predicted molar refractivity (Wildman–Crippen MR) is 129 cm³/mol. The normalized spacial score (nSPS) is 23.7.